The van der Waals surface area contributed by atoms with Crippen molar-refractivity contribution in [3.05, 3.63) is 29.8 Å². The van der Waals surface area contributed by atoms with Crippen LogP contribution in [0.4, 0.5) is 13.2 Å². The van der Waals surface area contributed by atoms with E-state index in [9.17, 15) is 18.0 Å². The molecule has 0 heterocycles. The standard InChI is InChI=1S/C13H16F3NO3/c1-9(8-18)7-17-12(19)6-10-3-2-4-11(5-10)20-13(14,15)16/h2-5,9,18H,6-8H2,1H3,(H,17,19). The largest absolute Gasteiger partial charge is 0.573 e. The summed E-state index contributed by atoms with van der Waals surface area (Å²) in [5.74, 6) is -0.750. The highest BCUT2D eigenvalue weighted by molar-refractivity contribution is 5.78. The smallest absolute Gasteiger partial charge is 0.406 e. The Kier molecular flexibility index (Phi) is 5.82. The molecule has 0 saturated heterocycles. The molecule has 1 aromatic rings. The van der Waals surface area contributed by atoms with Gasteiger partial charge in [0.15, 0.2) is 0 Å². The average molecular weight is 291 g/mol. The van der Waals surface area contributed by atoms with Gasteiger partial charge in [0.2, 0.25) is 5.91 Å². The fraction of sp³-hybridized carbons (Fsp3) is 0.462. The fourth-order valence-corrected chi connectivity index (χ4v) is 1.45. The molecule has 0 bridgehead atoms. The van der Waals surface area contributed by atoms with Crippen LogP contribution < -0.4 is 10.1 Å². The summed E-state index contributed by atoms with van der Waals surface area (Å²) in [5.41, 5.74) is 0.418. The molecule has 1 aromatic carbocycles. The number of hydrogen-bond acceptors (Lipinski definition) is 3. The van der Waals surface area contributed by atoms with E-state index in [0.29, 0.717) is 12.1 Å². The second-order valence-corrected chi connectivity index (χ2v) is 4.46. The van der Waals surface area contributed by atoms with Gasteiger partial charge in [0.05, 0.1) is 6.42 Å². The summed E-state index contributed by atoms with van der Waals surface area (Å²) in [6.45, 7) is 2.03. The molecule has 0 spiro atoms. The normalized spacial score (nSPS) is 12.8. The Bertz CT molecular complexity index is 449. The van der Waals surface area contributed by atoms with Crippen LogP contribution in [0.5, 0.6) is 5.75 Å². The predicted octanol–water partition coefficient (Wildman–Crippen LogP) is 1.87. The van der Waals surface area contributed by atoms with E-state index in [0.717, 1.165) is 0 Å². The van der Waals surface area contributed by atoms with Crippen LogP contribution in [0.1, 0.15) is 12.5 Å². The van der Waals surface area contributed by atoms with Gasteiger partial charge in [-0.1, -0.05) is 19.1 Å². The molecule has 0 aliphatic rings. The molecule has 2 N–H and O–H groups in total. The van der Waals surface area contributed by atoms with Crippen molar-refractivity contribution in [3.63, 3.8) is 0 Å². The minimum atomic E-state index is -4.75. The first kappa shape index (κ1) is 16.3. The van der Waals surface area contributed by atoms with Gasteiger partial charge in [-0.3, -0.25) is 4.79 Å². The number of hydrogen-bond donors (Lipinski definition) is 2. The van der Waals surface area contributed by atoms with Crippen LogP contribution in [0.15, 0.2) is 24.3 Å². The van der Waals surface area contributed by atoms with Gasteiger partial charge in [-0.25, -0.2) is 0 Å². The van der Waals surface area contributed by atoms with Gasteiger partial charge < -0.3 is 15.2 Å². The number of nitrogens with one attached hydrogen (secondary N) is 1. The molecule has 0 fully saturated rings. The first-order chi connectivity index (χ1) is 9.30. The van der Waals surface area contributed by atoms with Crippen molar-refractivity contribution >= 4 is 5.91 Å². The van der Waals surface area contributed by atoms with E-state index in [-0.39, 0.29) is 30.6 Å². The Hall–Kier alpha value is -1.76. The summed E-state index contributed by atoms with van der Waals surface area (Å²) < 4.78 is 40.0. The molecule has 1 rings (SSSR count). The van der Waals surface area contributed by atoms with Crippen LogP contribution >= 0.6 is 0 Å². The molecule has 0 aromatic heterocycles. The SMILES string of the molecule is CC(CO)CNC(=O)Cc1cccc(OC(F)(F)F)c1. The quantitative estimate of drug-likeness (QED) is 0.841. The predicted molar refractivity (Wildman–Crippen MR) is 66.1 cm³/mol. The van der Waals surface area contributed by atoms with Crippen molar-refractivity contribution in [2.45, 2.75) is 19.7 Å². The van der Waals surface area contributed by atoms with Gasteiger partial charge in [0.1, 0.15) is 5.75 Å². The monoisotopic (exact) mass is 291 g/mol. The zero-order chi connectivity index (χ0) is 15.2. The number of halogens is 3. The summed E-state index contributed by atoms with van der Waals surface area (Å²) in [4.78, 5) is 11.6. The van der Waals surface area contributed by atoms with E-state index in [1.165, 1.54) is 24.3 Å². The number of ether oxygens (including phenoxy) is 1. The topological polar surface area (TPSA) is 58.6 Å². The number of amides is 1. The lowest BCUT2D eigenvalue weighted by atomic mass is 10.1. The Morgan fingerprint density at radius 3 is 2.75 bits per heavy atom. The number of benzene rings is 1. The van der Waals surface area contributed by atoms with E-state index in [1.807, 2.05) is 0 Å². The second kappa shape index (κ2) is 7.14. The summed E-state index contributed by atoms with van der Waals surface area (Å²) >= 11 is 0. The van der Waals surface area contributed by atoms with Gasteiger partial charge in [-0.2, -0.15) is 0 Å². The zero-order valence-corrected chi connectivity index (χ0v) is 10.9. The van der Waals surface area contributed by atoms with Crippen LogP contribution in [-0.4, -0.2) is 30.5 Å². The molecule has 0 saturated carbocycles. The van der Waals surface area contributed by atoms with Crippen LogP contribution in [0.2, 0.25) is 0 Å². The van der Waals surface area contributed by atoms with Crippen molar-refractivity contribution in [3.8, 4) is 5.75 Å². The molecule has 0 aliphatic carbocycles. The first-order valence-corrected chi connectivity index (χ1v) is 6.02. The third kappa shape index (κ3) is 6.42. The molecule has 4 nitrogen and oxygen atoms in total. The molecule has 112 valence electrons. The van der Waals surface area contributed by atoms with Gasteiger partial charge in [0, 0.05) is 13.2 Å². The van der Waals surface area contributed by atoms with Crippen molar-refractivity contribution in [2.24, 2.45) is 5.92 Å². The highest BCUT2D eigenvalue weighted by Crippen LogP contribution is 2.23. The van der Waals surface area contributed by atoms with E-state index in [4.69, 9.17) is 5.11 Å². The van der Waals surface area contributed by atoms with Crippen molar-refractivity contribution in [2.75, 3.05) is 13.2 Å². The maximum atomic E-state index is 12.1. The number of alkyl halides is 3. The van der Waals surface area contributed by atoms with Gasteiger partial charge in [0.25, 0.3) is 0 Å². The Morgan fingerprint density at radius 2 is 2.15 bits per heavy atom. The van der Waals surface area contributed by atoms with Gasteiger partial charge >= 0.3 is 6.36 Å². The number of carbonyl (C=O) groups is 1. The minimum Gasteiger partial charge on any atom is -0.406 e. The molecule has 20 heavy (non-hydrogen) atoms. The lowest BCUT2D eigenvalue weighted by Crippen LogP contribution is -2.30. The Morgan fingerprint density at radius 1 is 1.45 bits per heavy atom. The summed E-state index contributed by atoms with van der Waals surface area (Å²) in [6, 6.07) is 5.27. The molecule has 1 amide bonds. The molecule has 1 atom stereocenters. The first-order valence-electron chi connectivity index (χ1n) is 6.02. The molecule has 7 heteroatoms. The number of carbonyl (C=O) groups excluding carboxylic acids is 1. The fourth-order valence-electron chi connectivity index (χ4n) is 1.45. The van der Waals surface area contributed by atoms with Crippen molar-refractivity contribution in [1.82, 2.24) is 5.32 Å². The molecule has 0 aliphatic heterocycles. The zero-order valence-electron chi connectivity index (χ0n) is 10.9. The number of aliphatic hydroxyl groups excluding tert-OH is 1. The summed E-state index contributed by atoms with van der Waals surface area (Å²) in [5, 5.41) is 11.4. The van der Waals surface area contributed by atoms with Crippen LogP contribution in [0.25, 0.3) is 0 Å². The van der Waals surface area contributed by atoms with Crippen LogP contribution in [-0.2, 0) is 11.2 Å². The summed E-state index contributed by atoms with van der Waals surface area (Å²) in [7, 11) is 0. The van der Waals surface area contributed by atoms with E-state index < -0.39 is 6.36 Å². The van der Waals surface area contributed by atoms with Crippen molar-refractivity contribution in [1.29, 1.82) is 0 Å². The molecule has 1 unspecified atom stereocenters. The lowest BCUT2D eigenvalue weighted by Gasteiger charge is -2.11. The van der Waals surface area contributed by atoms with E-state index in [2.05, 4.69) is 10.1 Å². The highest BCUT2D eigenvalue weighted by Gasteiger charge is 2.31. The van der Waals surface area contributed by atoms with E-state index in [1.54, 1.807) is 6.92 Å². The van der Waals surface area contributed by atoms with E-state index >= 15 is 0 Å². The molecular weight excluding hydrogens is 275 g/mol. The number of rotatable bonds is 6. The second-order valence-electron chi connectivity index (χ2n) is 4.46. The average Bonchev–Trinajstić information content (AvgIpc) is 2.34. The van der Waals surface area contributed by atoms with Crippen LogP contribution in [0, 0.1) is 5.92 Å². The third-order valence-electron chi connectivity index (χ3n) is 2.46. The van der Waals surface area contributed by atoms with Crippen LogP contribution in [0.3, 0.4) is 0 Å². The Labute approximate surface area is 114 Å². The maximum absolute atomic E-state index is 12.1. The number of aliphatic hydroxyl groups is 1. The minimum absolute atomic E-state index is 0.0464. The molecule has 0 radical (unpaired) electrons. The summed E-state index contributed by atoms with van der Waals surface area (Å²) in [6.07, 6.45) is -4.80. The van der Waals surface area contributed by atoms with Crippen molar-refractivity contribution < 1.29 is 27.8 Å². The highest BCUT2D eigenvalue weighted by atomic mass is 19.4. The third-order valence-corrected chi connectivity index (χ3v) is 2.46. The Balaban J connectivity index is 2.55. The maximum Gasteiger partial charge on any atom is 0.573 e. The van der Waals surface area contributed by atoms with Gasteiger partial charge in [-0.05, 0) is 23.6 Å². The lowest BCUT2D eigenvalue weighted by molar-refractivity contribution is -0.274. The molecular formula is C13H16F3NO3. The van der Waals surface area contributed by atoms with Gasteiger partial charge in [-0.15, -0.1) is 13.2 Å².